The highest BCUT2D eigenvalue weighted by Gasteiger charge is 2.09. The van der Waals surface area contributed by atoms with Gasteiger partial charge in [-0.3, -0.25) is 0 Å². The molecule has 0 amide bonds. The van der Waals surface area contributed by atoms with Gasteiger partial charge in [-0.1, -0.05) is 32.9 Å². The molecule has 0 radical (unpaired) electrons. The zero-order chi connectivity index (χ0) is 14.3. The molecule has 1 atom stereocenters. The minimum absolute atomic E-state index is 0.0912. The average Bonchev–Trinajstić information content (AvgIpc) is 2.38. The fraction of sp³-hybridized carbons (Fsp3) is 0.600. The largest absolute Gasteiger partial charge is 0.493 e. The Morgan fingerprint density at radius 3 is 2.26 bits per heavy atom. The van der Waals surface area contributed by atoms with E-state index in [1.54, 1.807) is 0 Å². The first-order valence-corrected chi connectivity index (χ1v) is 8.73. The predicted octanol–water partition coefficient (Wildman–Crippen LogP) is 3.40. The van der Waals surface area contributed by atoms with Gasteiger partial charge in [0, 0.05) is 0 Å². The van der Waals surface area contributed by atoms with Crippen molar-refractivity contribution >= 4 is 9.84 Å². The fourth-order valence-electron chi connectivity index (χ4n) is 1.83. The lowest BCUT2D eigenvalue weighted by molar-refractivity contribution is 0.340. The molecular formula is C15H24O3S. The molecule has 0 aromatic heterocycles. The lowest BCUT2D eigenvalue weighted by Gasteiger charge is -2.10. The van der Waals surface area contributed by atoms with Crippen molar-refractivity contribution in [1.29, 1.82) is 0 Å². The fourth-order valence-corrected chi connectivity index (χ4v) is 2.99. The summed E-state index contributed by atoms with van der Waals surface area (Å²) in [7, 11) is -2.95. The molecule has 0 aliphatic carbocycles. The highest BCUT2D eigenvalue weighted by Crippen LogP contribution is 2.21. The lowest BCUT2D eigenvalue weighted by atomic mass is 9.99. The molecule has 0 N–H and O–H groups in total. The van der Waals surface area contributed by atoms with E-state index in [1.165, 1.54) is 5.56 Å². The van der Waals surface area contributed by atoms with Crippen LogP contribution in [0.25, 0.3) is 0 Å². The van der Waals surface area contributed by atoms with E-state index in [0.717, 1.165) is 12.2 Å². The van der Waals surface area contributed by atoms with E-state index >= 15 is 0 Å². The van der Waals surface area contributed by atoms with Crippen molar-refractivity contribution in [1.82, 2.24) is 0 Å². The second-order valence-corrected chi connectivity index (χ2v) is 7.18. The van der Waals surface area contributed by atoms with Crippen LogP contribution in [-0.4, -0.2) is 26.5 Å². The summed E-state index contributed by atoms with van der Waals surface area (Å²) in [6.07, 6.45) is 1.77. The van der Waals surface area contributed by atoms with E-state index in [1.807, 2.05) is 31.2 Å². The van der Waals surface area contributed by atoms with Crippen LogP contribution in [-0.2, 0) is 9.84 Å². The number of hydrogen-bond acceptors (Lipinski definition) is 3. The smallest absolute Gasteiger partial charge is 0.153 e. The van der Waals surface area contributed by atoms with E-state index in [-0.39, 0.29) is 18.1 Å². The van der Waals surface area contributed by atoms with E-state index in [0.29, 0.717) is 12.3 Å². The molecular weight excluding hydrogens is 260 g/mol. The Kier molecular flexibility index (Phi) is 6.35. The third-order valence-corrected chi connectivity index (χ3v) is 5.06. The van der Waals surface area contributed by atoms with Gasteiger partial charge < -0.3 is 4.74 Å². The third-order valence-electron chi connectivity index (χ3n) is 3.24. The van der Waals surface area contributed by atoms with Crippen molar-refractivity contribution in [2.24, 2.45) is 0 Å². The Bertz CT molecular complexity index is 463. The Labute approximate surface area is 116 Å². The molecule has 1 unspecified atom stereocenters. The van der Waals surface area contributed by atoms with E-state index < -0.39 is 9.84 Å². The molecule has 0 aliphatic heterocycles. The minimum atomic E-state index is -2.95. The van der Waals surface area contributed by atoms with Crippen LogP contribution >= 0.6 is 0 Å². The van der Waals surface area contributed by atoms with Gasteiger partial charge in [0.2, 0.25) is 0 Å². The molecule has 1 aromatic rings. The SMILES string of the molecule is CCCS(=O)(=O)CCOc1ccc(C(C)CC)cc1. The third kappa shape index (κ3) is 5.64. The monoisotopic (exact) mass is 284 g/mol. The molecule has 19 heavy (non-hydrogen) atoms. The summed E-state index contributed by atoms with van der Waals surface area (Å²) in [6.45, 7) is 6.44. The normalized spacial score (nSPS) is 13.2. The summed E-state index contributed by atoms with van der Waals surface area (Å²) in [6, 6.07) is 7.91. The van der Waals surface area contributed by atoms with Gasteiger partial charge in [-0.2, -0.15) is 0 Å². The van der Waals surface area contributed by atoms with Crippen LogP contribution in [0.15, 0.2) is 24.3 Å². The second kappa shape index (κ2) is 7.53. The van der Waals surface area contributed by atoms with Crippen LogP contribution < -0.4 is 4.74 Å². The number of rotatable bonds is 8. The Hall–Kier alpha value is -1.03. The van der Waals surface area contributed by atoms with E-state index in [9.17, 15) is 8.42 Å². The van der Waals surface area contributed by atoms with Crippen molar-refractivity contribution in [3.8, 4) is 5.75 Å². The molecule has 0 heterocycles. The first-order valence-electron chi connectivity index (χ1n) is 6.91. The Balaban J connectivity index is 2.46. The van der Waals surface area contributed by atoms with Crippen molar-refractivity contribution in [2.45, 2.75) is 39.5 Å². The quantitative estimate of drug-likeness (QED) is 0.735. The highest BCUT2D eigenvalue weighted by molar-refractivity contribution is 7.91. The molecule has 4 heteroatoms. The molecule has 0 saturated carbocycles. The van der Waals surface area contributed by atoms with Crippen LogP contribution in [0, 0.1) is 0 Å². The summed E-state index contributed by atoms with van der Waals surface area (Å²) in [5, 5.41) is 0. The second-order valence-electron chi connectivity index (χ2n) is 4.88. The summed E-state index contributed by atoms with van der Waals surface area (Å²) >= 11 is 0. The van der Waals surface area contributed by atoms with Gasteiger partial charge in [-0.05, 0) is 36.5 Å². The molecule has 0 fully saturated rings. The van der Waals surface area contributed by atoms with E-state index in [2.05, 4.69) is 13.8 Å². The van der Waals surface area contributed by atoms with Crippen LogP contribution in [0.4, 0.5) is 0 Å². The van der Waals surface area contributed by atoms with Crippen LogP contribution in [0.2, 0.25) is 0 Å². The first kappa shape index (κ1) is 16.0. The standard InChI is InChI=1S/C15H24O3S/c1-4-11-19(16,17)12-10-18-15-8-6-14(7-9-15)13(3)5-2/h6-9,13H,4-5,10-12H2,1-3H3. The highest BCUT2D eigenvalue weighted by atomic mass is 32.2. The molecule has 1 rings (SSSR count). The van der Waals surface area contributed by atoms with Crippen molar-refractivity contribution in [3.63, 3.8) is 0 Å². The van der Waals surface area contributed by atoms with Crippen LogP contribution in [0.3, 0.4) is 0 Å². The predicted molar refractivity (Wildman–Crippen MR) is 79.6 cm³/mol. The number of hydrogen-bond donors (Lipinski definition) is 0. The summed E-state index contributed by atoms with van der Waals surface area (Å²) in [5.74, 6) is 1.61. The van der Waals surface area contributed by atoms with Crippen molar-refractivity contribution in [2.75, 3.05) is 18.1 Å². The summed E-state index contributed by atoms with van der Waals surface area (Å²) in [4.78, 5) is 0. The number of sulfone groups is 1. The maximum Gasteiger partial charge on any atom is 0.153 e. The molecule has 0 saturated heterocycles. The molecule has 0 spiro atoms. The number of ether oxygens (including phenoxy) is 1. The maximum absolute atomic E-state index is 11.5. The van der Waals surface area contributed by atoms with Crippen molar-refractivity contribution in [3.05, 3.63) is 29.8 Å². The van der Waals surface area contributed by atoms with Gasteiger partial charge >= 0.3 is 0 Å². The lowest BCUT2D eigenvalue weighted by Crippen LogP contribution is -2.16. The van der Waals surface area contributed by atoms with Crippen LogP contribution in [0.1, 0.15) is 45.1 Å². The summed E-state index contributed by atoms with van der Waals surface area (Å²) < 4.78 is 28.5. The number of benzene rings is 1. The summed E-state index contributed by atoms with van der Waals surface area (Å²) in [5.41, 5.74) is 1.29. The molecule has 3 nitrogen and oxygen atoms in total. The van der Waals surface area contributed by atoms with Gasteiger partial charge in [-0.15, -0.1) is 0 Å². The first-order chi connectivity index (χ1) is 8.98. The minimum Gasteiger partial charge on any atom is -0.493 e. The van der Waals surface area contributed by atoms with Gasteiger partial charge in [0.25, 0.3) is 0 Å². The molecule has 0 aliphatic rings. The van der Waals surface area contributed by atoms with E-state index in [4.69, 9.17) is 4.74 Å². The topological polar surface area (TPSA) is 43.4 Å². The van der Waals surface area contributed by atoms with Gasteiger partial charge in [0.05, 0.1) is 11.5 Å². The van der Waals surface area contributed by atoms with Gasteiger partial charge in [-0.25, -0.2) is 8.42 Å². The molecule has 0 bridgehead atoms. The Morgan fingerprint density at radius 1 is 1.11 bits per heavy atom. The maximum atomic E-state index is 11.5. The van der Waals surface area contributed by atoms with Gasteiger partial charge in [0.1, 0.15) is 12.4 Å². The molecule has 1 aromatic carbocycles. The zero-order valence-electron chi connectivity index (χ0n) is 12.1. The van der Waals surface area contributed by atoms with Crippen LogP contribution in [0.5, 0.6) is 5.75 Å². The van der Waals surface area contributed by atoms with Gasteiger partial charge in [0.15, 0.2) is 9.84 Å². The molecule has 108 valence electrons. The Morgan fingerprint density at radius 2 is 1.74 bits per heavy atom. The average molecular weight is 284 g/mol. The van der Waals surface area contributed by atoms with Crippen molar-refractivity contribution < 1.29 is 13.2 Å². The zero-order valence-corrected chi connectivity index (χ0v) is 12.9.